The van der Waals surface area contributed by atoms with Crippen molar-refractivity contribution in [1.82, 2.24) is 0 Å². The Kier molecular flexibility index (Phi) is 2.97. The lowest BCUT2D eigenvalue weighted by atomic mass is 10.1. The van der Waals surface area contributed by atoms with Gasteiger partial charge < -0.3 is 0 Å². The van der Waals surface area contributed by atoms with Gasteiger partial charge >= 0.3 is 0 Å². The molecule has 0 N–H and O–H groups in total. The van der Waals surface area contributed by atoms with Crippen molar-refractivity contribution >= 4 is 6.29 Å². The number of carbonyl (C=O) groups excluding carboxylic acids is 1. The van der Waals surface area contributed by atoms with Crippen LogP contribution >= 0.6 is 0 Å². The zero-order chi connectivity index (χ0) is 8.97. The van der Waals surface area contributed by atoms with Crippen LogP contribution in [0.4, 0.5) is 4.39 Å². The summed E-state index contributed by atoms with van der Waals surface area (Å²) in [7, 11) is 0. The molecule has 0 fully saturated rings. The van der Waals surface area contributed by atoms with Crippen molar-refractivity contribution in [3.05, 3.63) is 35.1 Å². The predicted octanol–water partition coefficient (Wildman–Crippen LogP) is 2.59. The van der Waals surface area contributed by atoms with Crippen molar-refractivity contribution in [2.75, 3.05) is 0 Å². The Balaban J connectivity index is 2.94. The zero-order valence-electron chi connectivity index (χ0n) is 7.01. The lowest BCUT2D eigenvalue weighted by Crippen LogP contribution is -1.91. The molecule has 0 spiro atoms. The molecule has 0 radical (unpaired) electrons. The number of hydrogen-bond acceptors (Lipinski definition) is 1. The van der Waals surface area contributed by atoms with Gasteiger partial charge in [0, 0.05) is 5.56 Å². The molecule has 0 unspecified atom stereocenters. The topological polar surface area (TPSA) is 17.1 Å². The second-order valence-corrected chi connectivity index (χ2v) is 2.72. The van der Waals surface area contributed by atoms with E-state index < -0.39 is 0 Å². The van der Waals surface area contributed by atoms with Crippen LogP contribution in [-0.2, 0) is 6.42 Å². The number of benzene rings is 1. The van der Waals surface area contributed by atoms with Crippen molar-refractivity contribution in [3.63, 3.8) is 0 Å². The van der Waals surface area contributed by atoms with Gasteiger partial charge in [0.2, 0.25) is 0 Å². The smallest absolute Gasteiger partial charge is 0.150 e. The van der Waals surface area contributed by atoms with Crippen molar-refractivity contribution in [3.8, 4) is 0 Å². The van der Waals surface area contributed by atoms with Crippen LogP contribution in [0.3, 0.4) is 0 Å². The molecule has 0 bridgehead atoms. The molecule has 64 valence electrons. The van der Waals surface area contributed by atoms with Crippen molar-refractivity contribution < 1.29 is 9.18 Å². The third-order valence-corrected chi connectivity index (χ3v) is 1.73. The first-order valence-corrected chi connectivity index (χ1v) is 4.01. The highest BCUT2D eigenvalue weighted by molar-refractivity contribution is 5.74. The maximum Gasteiger partial charge on any atom is 0.150 e. The van der Waals surface area contributed by atoms with Crippen LogP contribution in [0.2, 0.25) is 0 Å². The number of halogens is 1. The summed E-state index contributed by atoms with van der Waals surface area (Å²) in [6.07, 6.45) is 2.29. The minimum absolute atomic E-state index is 0.276. The van der Waals surface area contributed by atoms with E-state index in [0.717, 1.165) is 12.8 Å². The SMILES string of the molecule is CCCc1ccc(C=O)cc1F. The largest absolute Gasteiger partial charge is 0.298 e. The summed E-state index contributed by atoms with van der Waals surface area (Å²) in [4.78, 5) is 10.3. The van der Waals surface area contributed by atoms with Gasteiger partial charge in [0.1, 0.15) is 12.1 Å². The Hall–Kier alpha value is -1.18. The minimum atomic E-state index is -0.276. The van der Waals surface area contributed by atoms with E-state index in [-0.39, 0.29) is 5.82 Å². The molecule has 0 heterocycles. The summed E-state index contributed by atoms with van der Waals surface area (Å²) in [6, 6.07) is 4.58. The molecular formula is C10H11FO. The highest BCUT2D eigenvalue weighted by Gasteiger charge is 2.01. The van der Waals surface area contributed by atoms with Crippen LogP contribution in [0, 0.1) is 5.82 Å². The van der Waals surface area contributed by atoms with Crippen molar-refractivity contribution in [2.45, 2.75) is 19.8 Å². The molecule has 0 amide bonds. The molecule has 2 heteroatoms. The number of hydrogen-bond donors (Lipinski definition) is 0. The second-order valence-electron chi connectivity index (χ2n) is 2.72. The molecular weight excluding hydrogens is 155 g/mol. The van der Waals surface area contributed by atoms with E-state index in [4.69, 9.17) is 0 Å². The van der Waals surface area contributed by atoms with Crippen LogP contribution in [0.15, 0.2) is 18.2 Å². The summed E-state index contributed by atoms with van der Waals surface area (Å²) < 4.78 is 13.1. The minimum Gasteiger partial charge on any atom is -0.298 e. The third kappa shape index (κ3) is 1.91. The number of aryl methyl sites for hydroxylation is 1. The van der Waals surface area contributed by atoms with Crippen LogP contribution in [-0.4, -0.2) is 6.29 Å². The first-order chi connectivity index (χ1) is 5.77. The molecule has 0 aliphatic heterocycles. The third-order valence-electron chi connectivity index (χ3n) is 1.73. The van der Waals surface area contributed by atoms with E-state index in [1.165, 1.54) is 6.07 Å². The Morgan fingerprint density at radius 3 is 2.75 bits per heavy atom. The highest BCUT2D eigenvalue weighted by atomic mass is 19.1. The van der Waals surface area contributed by atoms with Crippen molar-refractivity contribution in [1.29, 1.82) is 0 Å². The van der Waals surface area contributed by atoms with E-state index in [9.17, 15) is 9.18 Å². The molecule has 0 saturated carbocycles. The average molecular weight is 166 g/mol. The van der Waals surface area contributed by atoms with Gasteiger partial charge in [0.25, 0.3) is 0 Å². The van der Waals surface area contributed by atoms with Gasteiger partial charge in [-0.15, -0.1) is 0 Å². The van der Waals surface area contributed by atoms with Crippen LogP contribution in [0.5, 0.6) is 0 Å². The Morgan fingerprint density at radius 1 is 1.50 bits per heavy atom. The van der Waals surface area contributed by atoms with E-state index >= 15 is 0 Å². The molecule has 0 atom stereocenters. The second kappa shape index (κ2) is 4.00. The summed E-state index contributed by atoms with van der Waals surface area (Å²) in [5.41, 5.74) is 1.08. The summed E-state index contributed by atoms with van der Waals surface area (Å²) >= 11 is 0. The standard InChI is InChI=1S/C10H11FO/c1-2-3-9-5-4-8(7-12)6-10(9)11/h4-7H,2-3H2,1H3. The lowest BCUT2D eigenvalue weighted by molar-refractivity contribution is 0.112. The van der Waals surface area contributed by atoms with Gasteiger partial charge in [-0.05, 0) is 18.1 Å². The fraction of sp³-hybridized carbons (Fsp3) is 0.300. The van der Waals surface area contributed by atoms with E-state index in [1.54, 1.807) is 12.1 Å². The van der Waals surface area contributed by atoms with Crippen molar-refractivity contribution in [2.24, 2.45) is 0 Å². The van der Waals surface area contributed by atoms with Gasteiger partial charge in [-0.25, -0.2) is 4.39 Å². The highest BCUT2D eigenvalue weighted by Crippen LogP contribution is 2.10. The zero-order valence-corrected chi connectivity index (χ0v) is 7.01. The molecule has 0 saturated heterocycles. The van der Waals surface area contributed by atoms with Gasteiger partial charge in [-0.1, -0.05) is 25.5 Å². The molecule has 1 rings (SSSR count). The van der Waals surface area contributed by atoms with Gasteiger partial charge in [0.05, 0.1) is 0 Å². The Bertz CT molecular complexity index is 281. The normalized spacial score (nSPS) is 9.83. The molecule has 12 heavy (non-hydrogen) atoms. The molecule has 1 aromatic carbocycles. The Morgan fingerprint density at radius 2 is 2.25 bits per heavy atom. The summed E-state index contributed by atoms with van der Waals surface area (Å²) in [5.74, 6) is -0.276. The fourth-order valence-corrected chi connectivity index (χ4v) is 1.11. The molecule has 0 aliphatic rings. The summed E-state index contributed by atoms with van der Waals surface area (Å²) in [6.45, 7) is 1.99. The molecule has 0 aromatic heterocycles. The maximum atomic E-state index is 13.1. The maximum absolute atomic E-state index is 13.1. The fourth-order valence-electron chi connectivity index (χ4n) is 1.11. The average Bonchev–Trinajstić information content (AvgIpc) is 2.09. The van der Waals surface area contributed by atoms with Crippen LogP contribution in [0.1, 0.15) is 29.3 Å². The first kappa shape index (κ1) is 8.91. The lowest BCUT2D eigenvalue weighted by Gasteiger charge is -2.00. The number of carbonyl (C=O) groups is 1. The van der Waals surface area contributed by atoms with E-state index in [0.29, 0.717) is 17.4 Å². The molecule has 1 nitrogen and oxygen atoms in total. The predicted molar refractivity (Wildman–Crippen MR) is 45.8 cm³/mol. The molecule has 1 aromatic rings. The number of aldehydes is 1. The van der Waals surface area contributed by atoms with Gasteiger partial charge in [-0.3, -0.25) is 4.79 Å². The van der Waals surface area contributed by atoms with Crippen LogP contribution < -0.4 is 0 Å². The Labute approximate surface area is 71.2 Å². The number of rotatable bonds is 3. The monoisotopic (exact) mass is 166 g/mol. The van der Waals surface area contributed by atoms with Gasteiger partial charge in [0.15, 0.2) is 0 Å². The van der Waals surface area contributed by atoms with E-state index in [2.05, 4.69) is 0 Å². The quantitative estimate of drug-likeness (QED) is 0.631. The first-order valence-electron chi connectivity index (χ1n) is 4.01. The molecule has 0 aliphatic carbocycles. The van der Waals surface area contributed by atoms with Crippen LogP contribution in [0.25, 0.3) is 0 Å². The van der Waals surface area contributed by atoms with Gasteiger partial charge in [-0.2, -0.15) is 0 Å². The van der Waals surface area contributed by atoms with E-state index in [1.807, 2.05) is 6.92 Å². The summed E-state index contributed by atoms with van der Waals surface area (Å²) in [5, 5.41) is 0.